The summed E-state index contributed by atoms with van der Waals surface area (Å²) in [5, 5.41) is 19.2. The number of non-ortho nitro benzene ring substituents is 1. The Balaban J connectivity index is 3.23. The van der Waals surface area contributed by atoms with Crippen molar-refractivity contribution in [2.45, 2.75) is 13.8 Å². The van der Waals surface area contributed by atoms with Crippen molar-refractivity contribution in [2.24, 2.45) is 5.92 Å². The Hall–Kier alpha value is -2.22. The summed E-state index contributed by atoms with van der Waals surface area (Å²) < 4.78 is 0. The lowest BCUT2D eigenvalue weighted by molar-refractivity contribution is -0.384. The van der Waals surface area contributed by atoms with E-state index in [2.05, 4.69) is 0 Å². The van der Waals surface area contributed by atoms with Crippen molar-refractivity contribution in [3.05, 3.63) is 39.4 Å². The lowest BCUT2D eigenvalue weighted by Gasteiger charge is -2.05. The molecule has 82 valence electrons. The van der Waals surface area contributed by atoms with E-state index in [1.54, 1.807) is 6.92 Å². The second kappa shape index (κ2) is 4.53. The number of Topliss-reactive ketones (excluding diaryl/α,β-unsaturated/α-hetero) is 1. The van der Waals surface area contributed by atoms with Gasteiger partial charge in [-0.15, -0.1) is 0 Å². The molecule has 0 radical (unpaired) electrons. The lowest BCUT2D eigenvalue weighted by atomic mass is 9.96. The fraction of sp³-hybridized carbons (Fsp3) is 0.273. The van der Waals surface area contributed by atoms with Crippen molar-refractivity contribution in [1.82, 2.24) is 0 Å². The van der Waals surface area contributed by atoms with Crippen LogP contribution in [0.2, 0.25) is 0 Å². The molecule has 0 saturated heterocycles. The molecule has 5 heteroatoms. The molecule has 0 spiro atoms. The third-order valence-electron chi connectivity index (χ3n) is 2.28. The van der Waals surface area contributed by atoms with Crippen molar-refractivity contribution < 1.29 is 9.72 Å². The maximum absolute atomic E-state index is 11.7. The highest BCUT2D eigenvalue weighted by Crippen LogP contribution is 2.20. The number of rotatable bonds is 3. The van der Waals surface area contributed by atoms with Gasteiger partial charge in [-0.3, -0.25) is 14.9 Å². The molecule has 1 aromatic rings. The van der Waals surface area contributed by atoms with Gasteiger partial charge in [-0.05, 0) is 19.4 Å². The topological polar surface area (TPSA) is 84.0 Å². The number of nitro groups is 1. The fourth-order valence-corrected chi connectivity index (χ4v) is 1.28. The first-order valence-corrected chi connectivity index (χ1v) is 4.66. The van der Waals surface area contributed by atoms with E-state index >= 15 is 0 Å². The lowest BCUT2D eigenvalue weighted by Crippen LogP contribution is -2.11. The molecule has 0 N–H and O–H groups in total. The van der Waals surface area contributed by atoms with Gasteiger partial charge in [-0.25, -0.2) is 0 Å². The Morgan fingerprint density at radius 2 is 2.19 bits per heavy atom. The van der Waals surface area contributed by atoms with E-state index in [1.165, 1.54) is 25.1 Å². The summed E-state index contributed by atoms with van der Waals surface area (Å²) >= 11 is 0. The molecule has 5 nitrogen and oxygen atoms in total. The number of hydrogen-bond donors (Lipinski definition) is 0. The van der Waals surface area contributed by atoms with Crippen LogP contribution in [-0.2, 0) is 0 Å². The van der Waals surface area contributed by atoms with Crippen molar-refractivity contribution in [3.8, 4) is 6.07 Å². The van der Waals surface area contributed by atoms with Gasteiger partial charge in [0.15, 0.2) is 5.78 Å². The summed E-state index contributed by atoms with van der Waals surface area (Å²) in [4.78, 5) is 21.7. The fourth-order valence-electron chi connectivity index (χ4n) is 1.28. The molecular formula is C11H10N2O3. The van der Waals surface area contributed by atoms with Crippen LogP contribution in [0.5, 0.6) is 0 Å². The number of nitro benzene ring substituents is 1. The summed E-state index contributed by atoms with van der Waals surface area (Å²) in [6.45, 7) is 3.15. The number of benzene rings is 1. The quantitative estimate of drug-likeness (QED) is 0.442. The van der Waals surface area contributed by atoms with Crippen molar-refractivity contribution in [3.63, 3.8) is 0 Å². The average Bonchev–Trinajstić information content (AvgIpc) is 2.27. The van der Waals surface area contributed by atoms with Gasteiger partial charge < -0.3 is 0 Å². The number of carbonyl (C=O) groups is 1. The van der Waals surface area contributed by atoms with Crippen LogP contribution in [0.25, 0.3) is 0 Å². The molecule has 1 atom stereocenters. The Kier molecular flexibility index (Phi) is 3.36. The minimum Gasteiger partial charge on any atom is -0.293 e. The highest BCUT2D eigenvalue weighted by atomic mass is 16.6. The molecule has 1 aromatic carbocycles. The van der Waals surface area contributed by atoms with Crippen LogP contribution in [0.15, 0.2) is 18.2 Å². The zero-order valence-electron chi connectivity index (χ0n) is 8.93. The number of nitrogens with zero attached hydrogens (tertiary/aromatic N) is 2. The van der Waals surface area contributed by atoms with Gasteiger partial charge in [0.05, 0.1) is 11.0 Å². The summed E-state index contributed by atoms with van der Waals surface area (Å²) in [5.41, 5.74) is 0.736. The molecule has 1 unspecified atom stereocenters. The van der Waals surface area contributed by atoms with E-state index in [4.69, 9.17) is 5.26 Å². The standard InChI is InChI=1S/C11H10N2O3/c1-7-3-4-9(13(15)16)5-10(7)11(14)8(2)6-12/h3-5,8H,1-2H3. The van der Waals surface area contributed by atoms with Crippen molar-refractivity contribution >= 4 is 11.5 Å². The predicted molar refractivity (Wildman–Crippen MR) is 56.9 cm³/mol. The number of aryl methyl sites for hydroxylation is 1. The highest BCUT2D eigenvalue weighted by Gasteiger charge is 2.19. The van der Waals surface area contributed by atoms with Gasteiger partial charge in [0.2, 0.25) is 0 Å². The molecule has 0 aromatic heterocycles. The smallest absolute Gasteiger partial charge is 0.270 e. The first-order chi connectivity index (χ1) is 7.47. The zero-order chi connectivity index (χ0) is 12.3. The van der Waals surface area contributed by atoms with Gasteiger partial charge in [0.25, 0.3) is 5.69 Å². The van der Waals surface area contributed by atoms with E-state index in [-0.39, 0.29) is 17.0 Å². The minimum atomic E-state index is -0.791. The average molecular weight is 218 g/mol. The normalized spacial score (nSPS) is 11.6. The SMILES string of the molecule is Cc1ccc([N+](=O)[O-])cc1C(=O)C(C)C#N. The van der Waals surface area contributed by atoms with E-state index < -0.39 is 10.8 Å². The number of hydrogen-bond acceptors (Lipinski definition) is 4. The molecule has 1 rings (SSSR count). The first-order valence-electron chi connectivity index (χ1n) is 4.66. The Bertz CT molecular complexity index is 488. The van der Waals surface area contributed by atoms with Crippen LogP contribution >= 0.6 is 0 Å². The number of nitriles is 1. The number of carbonyl (C=O) groups excluding carboxylic acids is 1. The van der Waals surface area contributed by atoms with E-state index in [1.807, 2.05) is 6.07 Å². The Morgan fingerprint density at radius 1 is 1.56 bits per heavy atom. The molecule has 0 aliphatic rings. The maximum Gasteiger partial charge on any atom is 0.270 e. The minimum absolute atomic E-state index is 0.140. The molecule has 0 fully saturated rings. The molecule has 0 saturated carbocycles. The first kappa shape index (κ1) is 11.9. The maximum atomic E-state index is 11.7. The molecule has 0 heterocycles. The monoisotopic (exact) mass is 218 g/mol. The van der Waals surface area contributed by atoms with Crippen LogP contribution in [0, 0.1) is 34.3 Å². The zero-order valence-corrected chi connectivity index (χ0v) is 8.93. The summed E-state index contributed by atoms with van der Waals surface area (Å²) in [7, 11) is 0. The highest BCUT2D eigenvalue weighted by molar-refractivity contribution is 6.00. The Labute approximate surface area is 92.5 Å². The molecule has 0 aliphatic heterocycles. The van der Waals surface area contributed by atoms with Crippen LogP contribution < -0.4 is 0 Å². The summed E-state index contributed by atoms with van der Waals surface area (Å²) in [6.07, 6.45) is 0. The van der Waals surface area contributed by atoms with Gasteiger partial charge in [-0.1, -0.05) is 6.07 Å². The van der Waals surface area contributed by atoms with Gasteiger partial charge in [-0.2, -0.15) is 5.26 Å². The van der Waals surface area contributed by atoms with Crippen LogP contribution in [-0.4, -0.2) is 10.7 Å². The van der Waals surface area contributed by atoms with Crippen molar-refractivity contribution in [1.29, 1.82) is 5.26 Å². The molecular weight excluding hydrogens is 208 g/mol. The van der Waals surface area contributed by atoms with E-state index in [0.717, 1.165) is 0 Å². The van der Waals surface area contributed by atoms with Crippen molar-refractivity contribution in [2.75, 3.05) is 0 Å². The third kappa shape index (κ3) is 2.23. The van der Waals surface area contributed by atoms with Crippen LogP contribution in [0.3, 0.4) is 0 Å². The third-order valence-corrected chi connectivity index (χ3v) is 2.28. The van der Waals surface area contributed by atoms with Gasteiger partial charge in [0, 0.05) is 17.7 Å². The Morgan fingerprint density at radius 3 is 2.69 bits per heavy atom. The summed E-state index contributed by atoms with van der Waals surface area (Å²) in [5.74, 6) is -1.18. The van der Waals surface area contributed by atoms with Gasteiger partial charge in [0.1, 0.15) is 5.92 Å². The second-order valence-electron chi connectivity index (χ2n) is 3.47. The van der Waals surface area contributed by atoms with Crippen LogP contribution in [0.4, 0.5) is 5.69 Å². The predicted octanol–water partition coefficient (Wildman–Crippen LogP) is 2.25. The van der Waals surface area contributed by atoms with E-state index in [9.17, 15) is 14.9 Å². The number of ketones is 1. The second-order valence-corrected chi connectivity index (χ2v) is 3.47. The largest absolute Gasteiger partial charge is 0.293 e. The molecule has 0 bridgehead atoms. The van der Waals surface area contributed by atoms with E-state index in [0.29, 0.717) is 5.56 Å². The summed E-state index contributed by atoms with van der Waals surface area (Å²) in [6, 6.07) is 5.88. The molecule has 0 aliphatic carbocycles. The van der Waals surface area contributed by atoms with Crippen LogP contribution in [0.1, 0.15) is 22.8 Å². The molecule has 16 heavy (non-hydrogen) atoms. The van der Waals surface area contributed by atoms with Gasteiger partial charge >= 0.3 is 0 Å². The molecule has 0 amide bonds.